The summed E-state index contributed by atoms with van der Waals surface area (Å²) in [6.07, 6.45) is 1.52. The molecule has 1 N–H and O–H groups in total. The van der Waals surface area contributed by atoms with E-state index in [0.717, 1.165) is 9.13 Å². The van der Waals surface area contributed by atoms with Crippen LogP contribution in [-0.4, -0.2) is 32.9 Å². The van der Waals surface area contributed by atoms with Gasteiger partial charge in [-0.2, -0.15) is 5.10 Å². The molecule has 132 valence electrons. The van der Waals surface area contributed by atoms with Gasteiger partial charge in [0.25, 0.3) is 5.91 Å². The molecule has 0 aliphatic carbocycles. The Morgan fingerprint density at radius 2 is 1.96 bits per heavy atom. The smallest absolute Gasteiger partial charge is 0.277 e. The van der Waals surface area contributed by atoms with Crippen molar-refractivity contribution >= 4 is 46.3 Å². The zero-order valence-corrected chi connectivity index (χ0v) is 16.5. The normalized spacial score (nSPS) is 10.6. The van der Waals surface area contributed by atoms with Gasteiger partial charge in [-0.3, -0.25) is 4.79 Å². The third-order valence-corrected chi connectivity index (χ3v) is 4.10. The van der Waals surface area contributed by atoms with Gasteiger partial charge >= 0.3 is 0 Å². The van der Waals surface area contributed by atoms with Crippen molar-refractivity contribution in [2.45, 2.75) is 0 Å². The molecule has 0 spiro atoms. The van der Waals surface area contributed by atoms with Crippen LogP contribution in [0.15, 0.2) is 41.5 Å². The second kappa shape index (κ2) is 9.47. The molecule has 0 saturated heterocycles. The molecule has 25 heavy (non-hydrogen) atoms. The van der Waals surface area contributed by atoms with Gasteiger partial charge in [0.15, 0.2) is 18.1 Å². The number of nitrogens with zero attached hydrogens (tertiary/aromatic N) is 1. The van der Waals surface area contributed by atoms with Crippen molar-refractivity contribution in [3.63, 3.8) is 0 Å². The van der Waals surface area contributed by atoms with Gasteiger partial charge in [0.1, 0.15) is 5.75 Å². The molecule has 0 bridgehead atoms. The Bertz CT molecular complexity index is 766. The average molecular weight is 475 g/mol. The third-order valence-electron chi connectivity index (χ3n) is 3.04. The molecule has 0 radical (unpaired) electrons. The summed E-state index contributed by atoms with van der Waals surface area (Å²) in [5.41, 5.74) is 3.17. The van der Waals surface area contributed by atoms with E-state index < -0.39 is 0 Å². The summed E-state index contributed by atoms with van der Waals surface area (Å²) in [4.78, 5) is 11.7. The molecular formula is C17H16ClIN2O4. The summed E-state index contributed by atoms with van der Waals surface area (Å²) < 4.78 is 16.7. The lowest BCUT2D eigenvalue weighted by Gasteiger charge is -2.10. The minimum atomic E-state index is -0.374. The standard InChI is InChI=1S/C17H16ClIN2O4/c1-23-15-8-11(7-14(19)17(15)24-2)9-20-21-16(22)10-25-13-5-3-12(18)4-6-13/h3-9H,10H2,1-2H3,(H,21,22)/b20-9-. The van der Waals surface area contributed by atoms with Crippen molar-refractivity contribution in [1.29, 1.82) is 0 Å². The molecule has 0 saturated carbocycles. The van der Waals surface area contributed by atoms with E-state index in [2.05, 4.69) is 33.1 Å². The quantitative estimate of drug-likeness (QED) is 0.379. The van der Waals surface area contributed by atoms with Crippen LogP contribution in [0.25, 0.3) is 0 Å². The fraction of sp³-hybridized carbons (Fsp3) is 0.176. The van der Waals surface area contributed by atoms with Gasteiger partial charge in [0, 0.05) is 5.02 Å². The van der Waals surface area contributed by atoms with Gasteiger partial charge in [-0.1, -0.05) is 11.6 Å². The Morgan fingerprint density at radius 1 is 1.24 bits per heavy atom. The highest BCUT2D eigenvalue weighted by Gasteiger charge is 2.09. The molecule has 0 aliphatic rings. The maximum Gasteiger partial charge on any atom is 0.277 e. The summed E-state index contributed by atoms with van der Waals surface area (Å²) in [5, 5.41) is 4.52. The Hall–Kier alpha value is -2.00. The van der Waals surface area contributed by atoms with Crippen molar-refractivity contribution in [1.82, 2.24) is 5.43 Å². The molecule has 2 aromatic rings. The number of hydrogen-bond donors (Lipinski definition) is 1. The zero-order chi connectivity index (χ0) is 18.2. The van der Waals surface area contributed by atoms with Crippen LogP contribution < -0.4 is 19.6 Å². The summed E-state index contributed by atoms with van der Waals surface area (Å²) >= 11 is 7.92. The maximum absolute atomic E-state index is 11.7. The maximum atomic E-state index is 11.7. The highest BCUT2D eigenvalue weighted by Crippen LogP contribution is 2.32. The number of ether oxygens (including phenoxy) is 3. The van der Waals surface area contributed by atoms with E-state index in [1.165, 1.54) is 6.21 Å². The number of hydrogen-bond acceptors (Lipinski definition) is 5. The van der Waals surface area contributed by atoms with Crippen LogP contribution in [0, 0.1) is 3.57 Å². The SMILES string of the molecule is COc1cc(/C=N\NC(=O)COc2ccc(Cl)cc2)cc(I)c1OC. The predicted octanol–water partition coefficient (Wildman–Crippen LogP) is 3.49. The minimum absolute atomic E-state index is 0.150. The molecule has 0 heterocycles. The molecule has 0 atom stereocenters. The van der Waals surface area contributed by atoms with Gasteiger partial charge in [0.2, 0.25) is 0 Å². The molecule has 8 heteroatoms. The van der Waals surface area contributed by atoms with E-state index in [1.807, 2.05) is 6.07 Å². The zero-order valence-electron chi connectivity index (χ0n) is 13.6. The molecule has 2 aromatic carbocycles. The van der Waals surface area contributed by atoms with E-state index in [-0.39, 0.29) is 12.5 Å². The molecule has 2 rings (SSSR count). The van der Waals surface area contributed by atoms with E-state index in [4.69, 9.17) is 25.8 Å². The second-order valence-electron chi connectivity index (χ2n) is 4.77. The van der Waals surface area contributed by atoms with E-state index in [1.54, 1.807) is 44.6 Å². The topological polar surface area (TPSA) is 69.2 Å². The van der Waals surface area contributed by atoms with Crippen molar-refractivity contribution in [2.24, 2.45) is 5.10 Å². The van der Waals surface area contributed by atoms with Gasteiger partial charge in [0.05, 0.1) is 24.0 Å². The van der Waals surface area contributed by atoms with Gasteiger partial charge in [-0.25, -0.2) is 5.43 Å². The minimum Gasteiger partial charge on any atom is -0.493 e. The van der Waals surface area contributed by atoms with Gasteiger partial charge in [-0.05, 0) is 64.6 Å². The number of nitrogens with one attached hydrogen (secondary N) is 1. The fourth-order valence-electron chi connectivity index (χ4n) is 1.90. The number of benzene rings is 2. The number of rotatable bonds is 7. The summed E-state index contributed by atoms with van der Waals surface area (Å²) in [6.45, 7) is -0.150. The average Bonchev–Trinajstić information content (AvgIpc) is 2.60. The summed E-state index contributed by atoms with van der Waals surface area (Å²) in [6, 6.07) is 10.4. The highest BCUT2D eigenvalue weighted by molar-refractivity contribution is 14.1. The first-order valence-corrected chi connectivity index (χ1v) is 8.61. The van der Waals surface area contributed by atoms with Crippen LogP contribution in [0.2, 0.25) is 5.02 Å². The molecule has 0 unspecified atom stereocenters. The van der Waals surface area contributed by atoms with Crippen molar-refractivity contribution in [3.05, 3.63) is 50.6 Å². The first kappa shape index (κ1) is 19.3. The largest absolute Gasteiger partial charge is 0.493 e. The number of carbonyl (C=O) groups excluding carboxylic acids is 1. The number of methoxy groups -OCH3 is 2. The lowest BCUT2D eigenvalue weighted by Crippen LogP contribution is -2.24. The van der Waals surface area contributed by atoms with Crippen LogP contribution in [0.1, 0.15) is 5.56 Å². The van der Waals surface area contributed by atoms with E-state index in [9.17, 15) is 4.79 Å². The van der Waals surface area contributed by atoms with E-state index in [0.29, 0.717) is 22.3 Å². The Balaban J connectivity index is 1.90. The first-order chi connectivity index (χ1) is 12.0. The number of amides is 1. The third kappa shape index (κ3) is 5.79. The van der Waals surface area contributed by atoms with Gasteiger partial charge < -0.3 is 14.2 Å². The van der Waals surface area contributed by atoms with Crippen LogP contribution in [0.3, 0.4) is 0 Å². The Morgan fingerprint density at radius 3 is 2.60 bits per heavy atom. The van der Waals surface area contributed by atoms with Crippen LogP contribution >= 0.6 is 34.2 Å². The highest BCUT2D eigenvalue weighted by atomic mass is 127. The summed E-state index contributed by atoms with van der Waals surface area (Å²) in [5.74, 6) is 1.42. The Labute approximate surface area is 164 Å². The first-order valence-electron chi connectivity index (χ1n) is 7.15. The Kier molecular flexibility index (Phi) is 7.32. The monoisotopic (exact) mass is 474 g/mol. The van der Waals surface area contributed by atoms with E-state index >= 15 is 0 Å². The molecule has 0 aromatic heterocycles. The lowest BCUT2D eigenvalue weighted by molar-refractivity contribution is -0.123. The molecule has 0 aliphatic heterocycles. The lowest BCUT2D eigenvalue weighted by atomic mass is 10.2. The summed E-state index contributed by atoms with van der Waals surface area (Å²) in [7, 11) is 3.14. The predicted molar refractivity (Wildman–Crippen MR) is 105 cm³/mol. The van der Waals surface area contributed by atoms with Crippen LogP contribution in [-0.2, 0) is 4.79 Å². The number of hydrazone groups is 1. The fourth-order valence-corrected chi connectivity index (χ4v) is 2.87. The molecular weight excluding hydrogens is 459 g/mol. The molecule has 1 amide bonds. The van der Waals surface area contributed by atoms with Crippen molar-refractivity contribution in [3.8, 4) is 17.2 Å². The second-order valence-corrected chi connectivity index (χ2v) is 6.37. The van der Waals surface area contributed by atoms with Gasteiger partial charge in [-0.15, -0.1) is 0 Å². The molecule has 0 fully saturated rings. The van der Waals surface area contributed by atoms with Crippen LogP contribution in [0.4, 0.5) is 0 Å². The molecule has 6 nitrogen and oxygen atoms in total. The number of carbonyl (C=O) groups is 1. The van der Waals surface area contributed by atoms with Crippen molar-refractivity contribution < 1.29 is 19.0 Å². The number of halogens is 2. The van der Waals surface area contributed by atoms with Crippen LogP contribution in [0.5, 0.6) is 17.2 Å². The van der Waals surface area contributed by atoms with Crippen molar-refractivity contribution in [2.75, 3.05) is 20.8 Å².